The van der Waals surface area contributed by atoms with Crippen LogP contribution in [0.2, 0.25) is 15.1 Å². The molecule has 30 heavy (non-hydrogen) atoms. The molecule has 0 amide bonds. The van der Waals surface area contributed by atoms with Gasteiger partial charge < -0.3 is 0 Å². The number of hydrogen-bond acceptors (Lipinski definition) is 1. The number of benzene rings is 4. The molecule has 0 fully saturated rings. The van der Waals surface area contributed by atoms with E-state index in [-0.39, 0.29) is 0 Å². The van der Waals surface area contributed by atoms with Crippen LogP contribution in [-0.4, -0.2) is 0 Å². The van der Waals surface area contributed by atoms with Crippen LogP contribution in [0.3, 0.4) is 0 Å². The minimum atomic E-state index is -3.96. The van der Waals surface area contributed by atoms with E-state index in [0.717, 1.165) is 15.9 Å². The van der Waals surface area contributed by atoms with Gasteiger partial charge in [0.1, 0.15) is 0 Å². The molecule has 0 N–H and O–H groups in total. The molecule has 0 unspecified atom stereocenters. The average molecular weight is 494 g/mol. The molecule has 0 aliphatic rings. The molecule has 4 aromatic carbocycles. The zero-order valence-electron chi connectivity index (χ0n) is 15.7. The Morgan fingerprint density at radius 2 is 0.800 bits per heavy atom. The van der Waals surface area contributed by atoms with Gasteiger partial charge in [-0.25, -0.2) is 0 Å². The summed E-state index contributed by atoms with van der Waals surface area (Å²) in [5.41, 5.74) is 0. The zero-order valence-corrected chi connectivity index (χ0v) is 19.6. The molecule has 0 aliphatic carbocycles. The zero-order chi connectivity index (χ0) is 21.2. The van der Waals surface area contributed by atoms with Gasteiger partial charge in [-0.1, -0.05) is 0 Å². The Morgan fingerprint density at radius 3 is 1.13 bits per heavy atom. The van der Waals surface area contributed by atoms with Crippen LogP contribution in [0.1, 0.15) is 0 Å². The van der Waals surface area contributed by atoms with E-state index in [1.807, 2.05) is 103 Å². The van der Waals surface area contributed by atoms with Crippen molar-refractivity contribution in [3.63, 3.8) is 0 Å². The summed E-state index contributed by atoms with van der Waals surface area (Å²) in [6.45, 7) is 0. The predicted molar refractivity (Wildman–Crippen MR) is 133 cm³/mol. The number of rotatable bonds is 5. The van der Waals surface area contributed by atoms with E-state index in [1.165, 1.54) is 0 Å². The van der Waals surface area contributed by atoms with Crippen molar-refractivity contribution in [2.75, 3.05) is 0 Å². The van der Waals surface area contributed by atoms with Gasteiger partial charge in [0.25, 0.3) is 0 Å². The van der Waals surface area contributed by atoms with Gasteiger partial charge in [0.15, 0.2) is 0 Å². The third-order valence-corrected chi connectivity index (χ3v) is 11.8. The summed E-state index contributed by atoms with van der Waals surface area (Å²) in [5.74, 6) is 0.657. The molecule has 0 bridgehead atoms. The molecule has 1 nitrogen and oxygen atoms in total. The Morgan fingerprint density at radius 1 is 0.467 bits per heavy atom. The van der Waals surface area contributed by atoms with Crippen molar-refractivity contribution < 1.29 is 4.52 Å². The van der Waals surface area contributed by atoms with Gasteiger partial charge in [-0.2, -0.15) is 0 Å². The van der Waals surface area contributed by atoms with Crippen molar-refractivity contribution in [1.82, 2.24) is 0 Å². The number of halogens is 4. The second kappa shape index (κ2) is 8.42. The van der Waals surface area contributed by atoms with Crippen molar-refractivity contribution in [2.45, 2.75) is 0 Å². The molecule has 0 atom stereocenters. The summed E-state index contributed by atoms with van der Waals surface area (Å²) < 4.78 is 6.83. The first-order chi connectivity index (χ1) is 14.4. The summed E-state index contributed by atoms with van der Waals surface area (Å²) in [6, 6.07) is 32.0. The third-order valence-electron chi connectivity index (χ3n) is 4.88. The van der Waals surface area contributed by atoms with Crippen LogP contribution in [-0.2, 0) is 0 Å². The summed E-state index contributed by atoms with van der Waals surface area (Å²) in [5, 5.41) is 4.31. The van der Waals surface area contributed by atoms with E-state index >= 15 is 0 Å². The van der Waals surface area contributed by atoms with E-state index < -0.39 is 6.18 Å². The molecule has 0 aliphatic heterocycles. The van der Waals surface area contributed by atoms with Crippen LogP contribution in [0.5, 0.6) is 5.75 Å². The Hall–Kier alpha value is -1.73. The molecular weight excluding hydrogens is 477 g/mol. The van der Waals surface area contributed by atoms with Crippen molar-refractivity contribution in [2.24, 2.45) is 0 Å². The average Bonchev–Trinajstić information content (AvgIpc) is 2.76. The molecule has 0 aromatic heterocycles. The fourth-order valence-electron chi connectivity index (χ4n) is 3.41. The van der Waals surface area contributed by atoms with Crippen molar-refractivity contribution in [3.05, 3.63) is 118 Å². The van der Waals surface area contributed by atoms with Crippen LogP contribution in [0, 0.1) is 0 Å². The maximum atomic E-state index is 7.84. The molecule has 0 saturated carbocycles. The summed E-state index contributed by atoms with van der Waals surface area (Å²) >= 11 is 26.4. The first-order valence-electron chi connectivity index (χ1n) is 9.17. The SMILES string of the molecule is Clc1ccc(P(Cl)(Oc2ccccc2)(c2ccc(Cl)cc2)c2ccc(Cl)cc2)cc1. The molecule has 152 valence electrons. The van der Waals surface area contributed by atoms with Crippen LogP contribution in [0.15, 0.2) is 103 Å². The topological polar surface area (TPSA) is 9.23 Å². The number of hydrogen-bond donors (Lipinski definition) is 0. The molecule has 0 saturated heterocycles. The van der Waals surface area contributed by atoms with Gasteiger partial charge in [-0.05, 0) is 0 Å². The van der Waals surface area contributed by atoms with Gasteiger partial charge >= 0.3 is 197 Å². The van der Waals surface area contributed by atoms with Gasteiger partial charge in [0.05, 0.1) is 0 Å². The number of para-hydroxylation sites is 1. The molecule has 0 heterocycles. The van der Waals surface area contributed by atoms with Gasteiger partial charge in [-0.3, -0.25) is 0 Å². The van der Waals surface area contributed by atoms with Crippen LogP contribution in [0.4, 0.5) is 0 Å². The van der Waals surface area contributed by atoms with Crippen LogP contribution < -0.4 is 20.4 Å². The Labute approximate surface area is 195 Å². The van der Waals surface area contributed by atoms with Crippen molar-refractivity contribution in [3.8, 4) is 5.75 Å². The normalized spacial score (nSPS) is 12.7. The van der Waals surface area contributed by atoms with E-state index in [2.05, 4.69) is 0 Å². The molecular formula is C24H17Cl4OP. The van der Waals surface area contributed by atoms with E-state index in [1.54, 1.807) is 0 Å². The Balaban J connectivity index is 2.10. The van der Waals surface area contributed by atoms with Crippen LogP contribution in [0.25, 0.3) is 0 Å². The summed E-state index contributed by atoms with van der Waals surface area (Å²) in [4.78, 5) is 0. The van der Waals surface area contributed by atoms with Crippen LogP contribution >= 0.6 is 52.2 Å². The Kier molecular flexibility index (Phi) is 6.04. The van der Waals surface area contributed by atoms with Gasteiger partial charge in [-0.15, -0.1) is 0 Å². The summed E-state index contributed by atoms with van der Waals surface area (Å²) in [6.07, 6.45) is -3.96. The predicted octanol–water partition coefficient (Wildman–Crippen LogP) is 7.62. The van der Waals surface area contributed by atoms with Gasteiger partial charge in [0, 0.05) is 0 Å². The third kappa shape index (κ3) is 3.82. The fourth-order valence-corrected chi connectivity index (χ4v) is 8.81. The van der Waals surface area contributed by atoms with Crippen molar-refractivity contribution in [1.29, 1.82) is 0 Å². The molecule has 0 spiro atoms. The standard InChI is InChI=1S/C24H17Cl4OP/c25-18-6-12-22(13-7-18)30(28,23-14-8-19(26)9-15-23,24-16-10-20(27)11-17-24)29-21-4-2-1-3-5-21/h1-17H. The van der Waals surface area contributed by atoms with E-state index in [4.69, 9.17) is 50.6 Å². The molecule has 6 heteroatoms. The Bertz CT molecular complexity index is 1030. The summed E-state index contributed by atoms with van der Waals surface area (Å²) in [7, 11) is 0. The maximum absolute atomic E-state index is 7.84. The first kappa shape index (κ1) is 21.5. The monoisotopic (exact) mass is 492 g/mol. The van der Waals surface area contributed by atoms with E-state index in [0.29, 0.717) is 20.8 Å². The second-order valence-corrected chi connectivity index (χ2v) is 13.6. The van der Waals surface area contributed by atoms with Gasteiger partial charge in [0.2, 0.25) is 0 Å². The minimum absolute atomic E-state index is 0.618. The first-order valence-corrected chi connectivity index (χ1v) is 13.4. The molecule has 0 radical (unpaired) electrons. The molecule has 4 aromatic rings. The second-order valence-electron chi connectivity index (χ2n) is 6.77. The van der Waals surface area contributed by atoms with E-state index in [9.17, 15) is 0 Å². The fraction of sp³-hybridized carbons (Fsp3) is 0. The van der Waals surface area contributed by atoms with Crippen molar-refractivity contribution >= 4 is 68.1 Å². The quantitative estimate of drug-likeness (QED) is 0.260. The molecule has 4 rings (SSSR count).